The second-order valence-corrected chi connectivity index (χ2v) is 6.09. The molecule has 1 fully saturated rings. The second-order valence-electron chi connectivity index (χ2n) is 6.09. The van der Waals surface area contributed by atoms with Crippen molar-refractivity contribution in [2.24, 2.45) is 11.7 Å². The van der Waals surface area contributed by atoms with Crippen LogP contribution < -0.4 is 10.5 Å². The van der Waals surface area contributed by atoms with Crippen molar-refractivity contribution in [1.29, 1.82) is 0 Å². The van der Waals surface area contributed by atoms with Crippen LogP contribution >= 0.6 is 0 Å². The van der Waals surface area contributed by atoms with Gasteiger partial charge in [-0.25, -0.2) is 0 Å². The van der Waals surface area contributed by atoms with E-state index in [9.17, 15) is 4.79 Å². The van der Waals surface area contributed by atoms with Gasteiger partial charge in [-0.15, -0.1) is 0 Å². The Labute approximate surface area is 126 Å². The van der Waals surface area contributed by atoms with E-state index in [4.69, 9.17) is 10.5 Å². The van der Waals surface area contributed by atoms with Crippen molar-refractivity contribution in [1.82, 2.24) is 4.90 Å². The highest BCUT2D eigenvalue weighted by molar-refractivity contribution is 5.80. The number of para-hydroxylation sites is 1. The number of amides is 1. The minimum Gasteiger partial charge on any atom is -0.492 e. The van der Waals surface area contributed by atoms with E-state index in [0.717, 1.165) is 37.1 Å². The van der Waals surface area contributed by atoms with E-state index >= 15 is 0 Å². The molecule has 4 heteroatoms. The smallest absolute Gasteiger partial charge is 0.229 e. The highest BCUT2D eigenvalue weighted by Crippen LogP contribution is 2.29. The molecule has 4 nitrogen and oxygen atoms in total. The lowest BCUT2D eigenvalue weighted by molar-refractivity contribution is -0.139. The molecule has 3 rings (SSSR count). The number of nitrogens with two attached hydrogens (primary N) is 1. The number of hydrogen-bond donors (Lipinski definition) is 1. The number of nitrogens with zero attached hydrogens (tertiary/aromatic N) is 1. The molecule has 2 atom stereocenters. The quantitative estimate of drug-likeness (QED) is 0.905. The molecule has 1 aromatic carbocycles. The number of rotatable bonds is 2. The van der Waals surface area contributed by atoms with Gasteiger partial charge in [0.05, 0.1) is 5.92 Å². The molecule has 1 aromatic rings. The molecule has 0 saturated carbocycles. The predicted octanol–water partition coefficient (Wildman–Crippen LogP) is 1.97. The Bertz CT molecular complexity index is 503. The molecule has 2 aliphatic heterocycles. The van der Waals surface area contributed by atoms with Gasteiger partial charge in [-0.2, -0.15) is 0 Å². The van der Waals surface area contributed by atoms with Crippen LogP contribution in [0.5, 0.6) is 5.75 Å². The molecule has 0 aliphatic carbocycles. The van der Waals surface area contributed by atoms with Crippen molar-refractivity contribution >= 4 is 5.91 Å². The lowest BCUT2D eigenvalue weighted by Gasteiger charge is -2.34. The highest BCUT2D eigenvalue weighted by atomic mass is 16.5. The number of fused-ring (bicyclic) bond motifs is 1. The fraction of sp³-hybridized carbons (Fsp3) is 0.588. The number of benzene rings is 1. The van der Waals surface area contributed by atoms with Gasteiger partial charge in [-0.1, -0.05) is 31.0 Å². The van der Waals surface area contributed by atoms with Gasteiger partial charge >= 0.3 is 0 Å². The zero-order valence-electron chi connectivity index (χ0n) is 12.5. The molecule has 2 N–H and O–H groups in total. The first-order valence-electron chi connectivity index (χ1n) is 8.01. The number of ether oxygens (including phenoxy) is 1. The molecule has 0 radical (unpaired) electrons. The molecule has 0 bridgehead atoms. The Hall–Kier alpha value is -1.55. The summed E-state index contributed by atoms with van der Waals surface area (Å²) in [5, 5.41) is 0. The summed E-state index contributed by atoms with van der Waals surface area (Å²) in [6.07, 6.45) is 5.28. The first-order valence-corrected chi connectivity index (χ1v) is 8.01. The highest BCUT2D eigenvalue weighted by Gasteiger charge is 2.32. The van der Waals surface area contributed by atoms with E-state index in [0.29, 0.717) is 13.2 Å². The van der Waals surface area contributed by atoms with Crippen LogP contribution in [0.1, 0.15) is 31.2 Å². The molecule has 1 amide bonds. The monoisotopic (exact) mass is 288 g/mol. The number of carbonyl (C=O) groups is 1. The summed E-state index contributed by atoms with van der Waals surface area (Å²) in [5.41, 5.74) is 7.02. The van der Waals surface area contributed by atoms with Crippen molar-refractivity contribution in [3.8, 4) is 5.75 Å². The molecular formula is C17H24N2O2. The summed E-state index contributed by atoms with van der Waals surface area (Å²) in [6.45, 7) is 1.90. The predicted molar refractivity (Wildman–Crippen MR) is 82.2 cm³/mol. The van der Waals surface area contributed by atoms with Crippen LogP contribution in [-0.4, -0.2) is 36.5 Å². The summed E-state index contributed by atoms with van der Waals surface area (Å²) in [6, 6.07) is 8.21. The lowest BCUT2D eigenvalue weighted by atomic mass is 9.94. The van der Waals surface area contributed by atoms with E-state index in [1.807, 2.05) is 23.1 Å². The summed E-state index contributed by atoms with van der Waals surface area (Å²) in [5.74, 6) is 1.08. The van der Waals surface area contributed by atoms with Gasteiger partial charge in [-0.3, -0.25) is 4.79 Å². The van der Waals surface area contributed by atoms with Gasteiger partial charge in [0.25, 0.3) is 0 Å². The molecule has 2 heterocycles. The van der Waals surface area contributed by atoms with Crippen molar-refractivity contribution in [2.45, 2.75) is 38.1 Å². The summed E-state index contributed by atoms with van der Waals surface area (Å²) < 4.78 is 5.77. The molecule has 114 valence electrons. The maximum Gasteiger partial charge on any atom is 0.229 e. The largest absolute Gasteiger partial charge is 0.492 e. The van der Waals surface area contributed by atoms with Gasteiger partial charge in [-0.05, 0) is 30.9 Å². The van der Waals surface area contributed by atoms with Gasteiger partial charge < -0.3 is 15.4 Å². The minimum absolute atomic E-state index is 0.0629. The SMILES string of the molecule is NCC1CCCCCN1C(=O)C1COc2ccccc2C1. The molecular weight excluding hydrogens is 264 g/mol. The minimum atomic E-state index is -0.0629. The van der Waals surface area contributed by atoms with Crippen LogP contribution in [0.15, 0.2) is 24.3 Å². The van der Waals surface area contributed by atoms with Crippen molar-refractivity contribution < 1.29 is 9.53 Å². The van der Waals surface area contributed by atoms with Crippen LogP contribution in [0.4, 0.5) is 0 Å². The van der Waals surface area contributed by atoms with Gasteiger partial charge in [0.15, 0.2) is 0 Å². The van der Waals surface area contributed by atoms with Crippen molar-refractivity contribution in [2.75, 3.05) is 19.7 Å². The Morgan fingerprint density at radius 1 is 1.29 bits per heavy atom. The van der Waals surface area contributed by atoms with Gasteiger partial charge in [0.2, 0.25) is 5.91 Å². The average molecular weight is 288 g/mol. The summed E-state index contributed by atoms with van der Waals surface area (Å²) in [7, 11) is 0. The zero-order chi connectivity index (χ0) is 14.7. The zero-order valence-corrected chi connectivity index (χ0v) is 12.5. The Morgan fingerprint density at radius 3 is 3.00 bits per heavy atom. The van der Waals surface area contributed by atoms with Gasteiger partial charge in [0, 0.05) is 19.1 Å². The average Bonchev–Trinajstić information content (AvgIpc) is 2.79. The molecule has 2 aliphatic rings. The molecule has 0 aromatic heterocycles. The van der Waals surface area contributed by atoms with E-state index in [1.54, 1.807) is 0 Å². The third-order valence-electron chi connectivity index (χ3n) is 4.66. The third kappa shape index (κ3) is 3.05. The fourth-order valence-corrected chi connectivity index (χ4v) is 3.43. The third-order valence-corrected chi connectivity index (χ3v) is 4.66. The van der Waals surface area contributed by atoms with E-state index < -0.39 is 0 Å². The van der Waals surface area contributed by atoms with Crippen LogP contribution in [0.3, 0.4) is 0 Å². The molecule has 2 unspecified atom stereocenters. The van der Waals surface area contributed by atoms with E-state index in [1.165, 1.54) is 12.8 Å². The topological polar surface area (TPSA) is 55.6 Å². The number of likely N-dealkylation sites (tertiary alicyclic amines) is 1. The van der Waals surface area contributed by atoms with Crippen molar-refractivity contribution in [3.63, 3.8) is 0 Å². The Morgan fingerprint density at radius 2 is 2.14 bits per heavy atom. The van der Waals surface area contributed by atoms with Crippen molar-refractivity contribution in [3.05, 3.63) is 29.8 Å². The Kier molecular flexibility index (Phi) is 4.44. The fourth-order valence-electron chi connectivity index (χ4n) is 3.43. The Balaban J connectivity index is 1.73. The van der Waals surface area contributed by atoms with Crippen LogP contribution in [0.2, 0.25) is 0 Å². The molecule has 1 saturated heterocycles. The normalized spacial score (nSPS) is 25.7. The molecule has 21 heavy (non-hydrogen) atoms. The second kappa shape index (κ2) is 6.48. The first-order chi connectivity index (χ1) is 10.3. The maximum absolute atomic E-state index is 12.9. The number of carbonyl (C=O) groups excluding carboxylic acids is 1. The van der Waals surface area contributed by atoms with Crippen LogP contribution in [-0.2, 0) is 11.2 Å². The standard InChI is InChI=1S/C17H24N2O2/c18-11-15-7-2-1-5-9-19(15)17(20)14-10-13-6-3-4-8-16(13)21-12-14/h3-4,6,8,14-15H,1-2,5,7,9-12,18H2. The summed E-state index contributed by atoms with van der Waals surface area (Å²) >= 11 is 0. The van der Waals surface area contributed by atoms with E-state index in [-0.39, 0.29) is 17.9 Å². The van der Waals surface area contributed by atoms with Gasteiger partial charge in [0.1, 0.15) is 12.4 Å². The first kappa shape index (κ1) is 14.4. The van der Waals surface area contributed by atoms with Crippen LogP contribution in [0, 0.1) is 5.92 Å². The summed E-state index contributed by atoms with van der Waals surface area (Å²) in [4.78, 5) is 14.9. The molecule has 0 spiro atoms. The maximum atomic E-state index is 12.9. The lowest BCUT2D eigenvalue weighted by Crippen LogP contribution is -2.48. The van der Waals surface area contributed by atoms with Crippen LogP contribution in [0.25, 0.3) is 0 Å². The number of hydrogen-bond acceptors (Lipinski definition) is 3. The van der Waals surface area contributed by atoms with E-state index in [2.05, 4.69) is 6.07 Å².